The van der Waals surface area contributed by atoms with Gasteiger partial charge in [0.1, 0.15) is 5.75 Å². The van der Waals surface area contributed by atoms with E-state index in [4.69, 9.17) is 0 Å². The maximum atomic E-state index is 10.1. The number of phenolic OH excluding ortho intramolecular Hbond substituents is 1. The van der Waals surface area contributed by atoms with E-state index in [0.717, 1.165) is 24.8 Å². The summed E-state index contributed by atoms with van der Waals surface area (Å²) in [7, 11) is 2.16. The number of hydrogen-bond donors (Lipinski definition) is 1. The van der Waals surface area contributed by atoms with Gasteiger partial charge in [-0.25, -0.2) is 0 Å². The molecule has 2 heteroatoms. The van der Waals surface area contributed by atoms with Gasteiger partial charge in [-0.15, -0.1) is 0 Å². The van der Waals surface area contributed by atoms with E-state index in [9.17, 15) is 5.11 Å². The molecule has 0 heterocycles. The lowest BCUT2D eigenvalue weighted by Gasteiger charge is -2.35. The highest BCUT2D eigenvalue weighted by atomic mass is 16.3. The summed E-state index contributed by atoms with van der Waals surface area (Å²) in [4.78, 5) is 2.36. The molecule has 1 aliphatic carbocycles. The molecule has 0 amide bonds. The van der Waals surface area contributed by atoms with Gasteiger partial charge in [-0.2, -0.15) is 0 Å². The molecule has 0 fully saturated rings. The summed E-state index contributed by atoms with van der Waals surface area (Å²) >= 11 is 0. The number of nitrogens with zero attached hydrogens (tertiary/aromatic N) is 1. The average molecular weight is 281 g/mol. The van der Waals surface area contributed by atoms with Crippen molar-refractivity contribution in [1.29, 1.82) is 0 Å². The highest BCUT2D eigenvalue weighted by Gasteiger charge is 2.25. The fourth-order valence-electron chi connectivity index (χ4n) is 3.54. The zero-order chi connectivity index (χ0) is 15.0. The van der Waals surface area contributed by atoms with Crippen LogP contribution in [0.25, 0.3) is 0 Å². The summed E-state index contributed by atoms with van der Waals surface area (Å²) in [5.41, 5.74) is 6.26. The quantitative estimate of drug-likeness (QED) is 0.874. The molecule has 0 spiro atoms. The molecule has 1 atom stereocenters. The van der Waals surface area contributed by atoms with Crippen LogP contribution in [-0.2, 0) is 6.42 Å². The number of aryl methyl sites for hydroxylation is 2. The molecule has 0 aromatic heterocycles. The van der Waals surface area contributed by atoms with E-state index >= 15 is 0 Å². The largest absolute Gasteiger partial charge is 0.508 e. The number of anilines is 1. The van der Waals surface area contributed by atoms with Crippen LogP contribution < -0.4 is 4.90 Å². The Morgan fingerprint density at radius 3 is 2.52 bits per heavy atom. The van der Waals surface area contributed by atoms with Gasteiger partial charge in [-0.05, 0) is 73.6 Å². The molecule has 21 heavy (non-hydrogen) atoms. The van der Waals surface area contributed by atoms with Gasteiger partial charge in [0.15, 0.2) is 0 Å². The van der Waals surface area contributed by atoms with Crippen molar-refractivity contribution in [2.24, 2.45) is 0 Å². The molecule has 1 N–H and O–H groups in total. The first-order valence-corrected chi connectivity index (χ1v) is 7.68. The van der Waals surface area contributed by atoms with Crippen LogP contribution in [0, 0.1) is 13.8 Å². The van der Waals surface area contributed by atoms with E-state index in [0.29, 0.717) is 11.8 Å². The molecule has 110 valence electrons. The fraction of sp³-hybridized carbons (Fsp3) is 0.368. The first-order chi connectivity index (χ1) is 10.1. The van der Waals surface area contributed by atoms with Crippen LogP contribution in [0.2, 0.25) is 0 Å². The van der Waals surface area contributed by atoms with Crippen LogP contribution in [0.4, 0.5) is 5.69 Å². The Balaban J connectivity index is 2.00. The summed E-state index contributed by atoms with van der Waals surface area (Å²) in [6.45, 7) is 4.29. The summed E-state index contributed by atoms with van der Waals surface area (Å²) in [5.74, 6) is 0.450. The molecule has 0 aliphatic heterocycles. The third-order valence-corrected chi connectivity index (χ3v) is 4.53. The van der Waals surface area contributed by atoms with Crippen molar-refractivity contribution >= 4 is 5.69 Å². The third-order valence-electron chi connectivity index (χ3n) is 4.53. The van der Waals surface area contributed by atoms with E-state index in [2.05, 4.69) is 50.1 Å². The predicted octanol–water partition coefficient (Wildman–Crippen LogP) is 4.52. The van der Waals surface area contributed by atoms with Gasteiger partial charge < -0.3 is 10.0 Å². The third kappa shape index (κ3) is 2.63. The molecule has 0 radical (unpaired) electrons. The Bertz CT molecular complexity index is 642. The summed E-state index contributed by atoms with van der Waals surface area (Å²) in [5, 5.41) is 10.1. The van der Waals surface area contributed by atoms with Crippen molar-refractivity contribution in [2.45, 2.75) is 39.2 Å². The van der Waals surface area contributed by atoms with E-state index in [1.165, 1.54) is 22.4 Å². The molecule has 2 nitrogen and oxygen atoms in total. The zero-order valence-corrected chi connectivity index (χ0v) is 13.1. The molecule has 2 aromatic rings. The summed E-state index contributed by atoms with van der Waals surface area (Å²) < 4.78 is 0. The molecule has 0 saturated carbocycles. The first-order valence-electron chi connectivity index (χ1n) is 7.68. The SMILES string of the molecule is Cc1cc(C)cc(N(C)C2CCCc3c(O)cccc32)c1. The Kier molecular flexibility index (Phi) is 3.62. The van der Waals surface area contributed by atoms with E-state index in [-0.39, 0.29) is 0 Å². The lowest BCUT2D eigenvalue weighted by atomic mass is 9.86. The molecule has 2 aromatic carbocycles. The topological polar surface area (TPSA) is 23.5 Å². The average Bonchev–Trinajstić information content (AvgIpc) is 2.45. The Labute approximate surface area is 127 Å². The molecule has 1 aliphatic rings. The van der Waals surface area contributed by atoms with Gasteiger partial charge in [0.05, 0.1) is 6.04 Å². The smallest absolute Gasteiger partial charge is 0.119 e. The number of aromatic hydroxyl groups is 1. The van der Waals surface area contributed by atoms with Crippen molar-refractivity contribution in [3.8, 4) is 5.75 Å². The normalized spacial score (nSPS) is 17.4. The van der Waals surface area contributed by atoms with Gasteiger partial charge in [0.25, 0.3) is 0 Å². The van der Waals surface area contributed by atoms with Gasteiger partial charge in [0, 0.05) is 12.7 Å². The second-order valence-corrected chi connectivity index (χ2v) is 6.21. The van der Waals surface area contributed by atoms with Crippen molar-refractivity contribution < 1.29 is 5.11 Å². The minimum Gasteiger partial charge on any atom is -0.508 e. The highest BCUT2D eigenvalue weighted by Crippen LogP contribution is 2.39. The molecular formula is C19H23NO. The van der Waals surface area contributed by atoms with E-state index in [1.54, 1.807) is 6.07 Å². The zero-order valence-electron chi connectivity index (χ0n) is 13.1. The molecular weight excluding hydrogens is 258 g/mol. The van der Waals surface area contributed by atoms with Gasteiger partial charge in [-0.3, -0.25) is 0 Å². The molecule has 0 saturated heterocycles. The first kappa shape index (κ1) is 14.0. The molecule has 0 bridgehead atoms. The summed E-state index contributed by atoms with van der Waals surface area (Å²) in [6, 6.07) is 13.0. The lowest BCUT2D eigenvalue weighted by molar-refractivity contribution is 0.453. The van der Waals surface area contributed by atoms with Crippen LogP contribution in [0.3, 0.4) is 0 Å². The van der Waals surface area contributed by atoms with E-state index in [1.807, 2.05) is 6.07 Å². The van der Waals surface area contributed by atoms with Crippen LogP contribution >= 0.6 is 0 Å². The van der Waals surface area contributed by atoms with Crippen molar-refractivity contribution in [1.82, 2.24) is 0 Å². The second-order valence-electron chi connectivity index (χ2n) is 6.21. The predicted molar refractivity (Wildman–Crippen MR) is 88.1 cm³/mol. The molecule has 3 rings (SSSR count). The maximum Gasteiger partial charge on any atom is 0.119 e. The van der Waals surface area contributed by atoms with Crippen molar-refractivity contribution in [3.63, 3.8) is 0 Å². The monoisotopic (exact) mass is 281 g/mol. The minimum absolute atomic E-state index is 0.349. The van der Waals surface area contributed by atoms with Gasteiger partial charge in [-0.1, -0.05) is 18.2 Å². The molecule has 1 unspecified atom stereocenters. The number of fused-ring (bicyclic) bond motifs is 1. The van der Waals surface area contributed by atoms with Crippen LogP contribution in [-0.4, -0.2) is 12.2 Å². The fourth-order valence-corrected chi connectivity index (χ4v) is 3.54. The number of phenols is 1. The highest BCUT2D eigenvalue weighted by molar-refractivity contribution is 5.54. The summed E-state index contributed by atoms with van der Waals surface area (Å²) in [6.07, 6.45) is 3.25. The Morgan fingerprint density at radius 1 is 1.10 bits per heavy atom. The van der Waals surface area contributed by atoms with Crippen LogP contribution in [0.1, 0.15) is 41.1 Å². The Hall–Kier alpha value is -1.96. The van der Waals surface area contributed by atoms with Gasteiger partial charge in [0.2, 0.25) is 0 Å². The van der Waals surface area contributed by atoms with Crippen LogP contribution in [0.5, 0.6) is 5.75 Å². The lowest BCUT2D eigenvalue weighted by Crippen LogP contribution is -2.27. The van der Waals surface area contributed by atoms with E-state index < -0.39 is 0 Å². The second kappa shape index (κ2) is 5.44. The number of benzene rings is 2. The van der Waals surface area contributed by atoms with Crippen LogP contribution in [0.15, 0.2) is 36.4 Å². The number of rotatable bonds is 2. The number of hydrogen-bond acceptors (Lipinski definition) is 2. The minimum atomic E-state index is 0.349. The van der Waals surface area contributed by atoms with Crippen molar-refractivity contribution in [2.75, 3.05) is 11.9 Å². The standard InChI is InChI=1S/C19H23NO/c1-13-10-14(2)12-15(11-13)20(3)18-8-4-7-17-16(18)6-5-9-19(17)21/h5-6,9-12,18,21H,4,7-8H2,1-3H3. The maximum absolute atomic E-state index is 10.1. The Morgan fingerprint density at radius 2 is 1.81 bits per heavy atom. The van der Waals surface area contributed by atoms with Crippen molar-refractivity contribution in [3.05, 3.63) is 58.7 Å². The van der Waals surface area contributed by atoms with Gasteiger partial charge >= 0.3 is 0 Å².